The van der Waals surface area contributed by atoms with Crippen molar-refractivity contribution < 1.29 is 9.59 Å². The number of hydrogen-bond donors (Lipinski definition) is 2. The molecule has 2 N–H and O–H groups in total. The first kappa shape index (κ1) is 13.9. The van der Waals surface area contributed by atoms with Gasteiger partial charge in [-0.2, -0.15) is 0 Å². The van der Waals surface area contributed by atoms with Crippen molar-refractivity contribution in [3.63, 3.8) is 0 Å². The molecule has 5 heteroatoms. The van der Waals surface area contributed by atoms with Crippen LogP contribution in [0.5, 0.6) is 0 Å². The van der Waals surface area contributed by atoms with E-state index in [2.05, 4.69) is 24.5 Å². The van der Waals surface area contributed by atoms with Crippen LogP contribution in [0.4, 0.5) is 4.79 Å². The average molecular weight is 279 g/mol. The van der Waals surface area contributed by atoms with Crippen molar-refractivity contribution in [1.29, 1.82) is 0 Å². The lowest BCUT2D eigenvalue weighted by molar-refractivity contribution is -0.136. The first-order valence-electron chi connectivity index (χ1n) is 7.90. The zero-order valence-corrected chi connectivity index (χ0v) is 12.4. The van der Waals surface area contributed by atoms with Crippen LogP contribution < -0.4 is 10.6 Å². The quantitative estimate of drug-likeness (QED) is 0.767. The van der Waals surface area contributed by atoms with E-state index in [0.717, 1.165) is 38.8 Å². The summed E-state index contributed by atoms with van der Waals surface area (Å²) in [7, 11) is 0. The molecule has 0 aromatic carbocycles. The van der Waals surface area contributed by atoms with Gasteiger partial charge in [-0.1, -0.05) is 20.3 Å². The molecule has 112 valence electrons. The zero-order valence-electron chi connectivity index (χ0n) is 12.4. The maximum atomic E-state index is 12.9. The standard InChI is InChI=1S/C15H25N3O2/c1-10-4-3-5-11(2)15(10)13(19)18(14(20)17-15)7-6-12-8-16-9-12/h10-12,16H,3-9H2,1-2H3,(H,17,20). The van der Waals surface area contributed by atoms with Gasteiger partial charge in [0.05, 0.1) is 0 Å². The number of nitrogens with zero attached hydrogens (tertiary/aromatic N) is 1. The van der Waals surface area contributed by atoms with Crippen LogP contribution in [0.15, 0.2) is 0 Å². The van der Waals surface area contributed by atoms with Crippen LogP contribution >= 0.6 is 0 Å². The molecule has 3 aliphatic rings. The fourth-order valence-electron chi connectivity index (χ4n) is 4.02. The van der Waals surface area contributed by atoms with Gasteiger partial charge in [-0.15, -0.1) is 0 Å². The van der Waals surface area contributed by atoms with Gasteiger partial charge in [0.1, 0.15) is 5.54 Å². The summed E-state index contributed by atoms with van der Waals surface area (Å²) >= 11 is 0. The Morgan fingerprint density at radius 1 is 1.20 bits per heavy atom. The highest BCUT2D eigenvalue weighted by molar-refractivity contribution is 6.07. The van der Waals surface area contributed by atoms with Gasteiger partial charge in [-0.25, -0.2) is 4.79 Å². The minimum absolute atomic E-state index is 0.0227. The highest BCUT2D eigenvalue weighted by atomic mass is 16.2. The van der Waals surface area contributed by atoms with Crippen LogP contribution in [0, 0.1) is 17.8 Å². The molecule has 0 bridgehead atoms. The summed E-state index contributed by atoms with van der Waals surface area (Å²) in [6, 6.07) is -0.178. The van der Waals surface area contributed by atoms with Crippen molar-refractivity contribution in [2.24, 2.45) is 17.8 Å². The molecule has 2 saturated heterocycles. The summed E-state index contributed by atoms with van der Waals surface area (Å²) in [5, 5.41) is 6.28. The molecule has 1 spiro atoms. The van der Waals surface area contributed by atoms with Gasteiger partial charge in [-0.05, 0) is 50.1 Å². The van der Waals surface area contributed by atoms with Crippen molar-refractivity contribution in [2.75, 3.05) is 19.6 Å². The summed E-state index contributed by atoms with van der Waals surface area (Å²) in [6.07, 6.45) is 4.12. The van der Waals surface area contributed by atoms with E-state index in [0.29, 0.717) is 12.5 Å². The predicted octanol–water partition coefficient (Wildman–Crippen LogP) is 1.34. The number of urea groups is 1. The number of imide groups is 1. The van der Waals surface area contributed by atoms with Crippen molar-refractivity contribution in [3.8, 4) is 0 Å². The molecule has 0 radical (unpaired) electrons. The van der Waals surface area contributed by atoms with Gasteiger partial charge in [0.2, 0.25) is 0 Å². The molecule has 3 fully saturated rings. The molecule has 1 aliphatic carbocycles. The maximum absolute atomic E-state index is 12.9. The first-order valence-corrected chi connectivity index (χ1v) is 7.90. The minimum Gasteiger partial charge on any atom is -0.323 e. The predicted molar refractivity (Wildman–Crippen MR) is 76.1 cm³/mol. The fraction of sp³-hybridized carbons (Fsp3) is 0.867. The topological polar surface area (TPSA) is 61.4 Å². The van der Waals surface area contributed by atoms with Crippen LogP contribution in [0.2, 0.25) is 0 Å². The molecule has 5 nitrogen and oxygen atoms in total. The van der Waals surface area contributed by atoms with E-state index in [9.17, 15) is 9.59 Å². The smallest absolute Gasteiger partial charge is 0.323 e. The van der Waals surface area contributed by atoms with E-state index in [1.54, 1.807) is 0 Å². The monoisotopic (exact) mass is 279 g/mol. The molecule has 20 heavy (non-hydrogen) atoms. The Labute approximate surface area is 120 Å². The summed E-state index contributed by atoms with van der Waals surface area (Å²) in [4.78, 5) is 26.6. The van der Waals surface area contributed by atoms with E-state index in [1.807, 2.05) is 0 Å². The van der Waals surface area contributed by atoms with E-state index in [-0.39, 0.29) is 23.8 Å². The summed E-state index contributed by atoms with van der Waals surface area (Å²) in [5.74, 6) is 1.11. The summed E-state index contributed by atoms with van der Waals surface area (Å²) < 4.78 is 0. The molecule has 0 aromatic rings. The lowest BCUT2D eigenvalue weighted by Crippen LogP contribution is -2.58. The second-order valence-electron chi connectivity index (χ2n) is 6.80. The third-order valence-corrected chi connectivity index (χ3v) is 5.61. The second-order valence-corrected chi connectivity index (χ2v) is 6.80. The number of rotatable bonds is 3. The van der Waals surface area contributed by atoms with Crippen molar-refractivity contribution in [3.05, 3.63) is 0 Å². The Morgan fingerprint density at radius 3 is 2.40 bits per heavy atom. The van der Waals surface area contributed by atoms with Gasteiger partial charge in [0, 0.05) is 6.54 Å². The third-order valence-electron chi connectivity index (χ3n) is 5.61. The highest BCUT2D eigenvalue weighted by Crippen LogP contribution is 2.42. The lowest BCUT2D eigenvalue weighted by atomic mass is 9.67. The third kappa shape index (κ3) is 1.94. The number of carbonyl (C=O) groups is 2. The zero-order chi connectivity index (χ0) is 14.3. The van der Waals surface area contributed by atoms with Crippen molar-refractivity contribution in [1.82, 2.24) is 15.5 Å². The number of nitrogens with one attached hydrogen (secondary N) is 2. The van der Waals surface area contributed by atoms with Crippen LogP contribution in [0.3, 0.4) is 0 Å². The second kappa shape index (κ2) is 5.02. The molecule has 2 aliphatic heterocycles. The van der Waals surface area contributed by atoms with Gasteiger partial charge in [0.15, 0.2) is 0 Å². The molecule has 2 atom stereocenters. The molecule has 2 unspecified atom stereocenters. The average Bonchev–Trinajstić information content (AvgIpc) is 2.60. The minimum atomic E-state index is -0.632. The van der Waals surface area contributed by atoms with Crippen LogP contribution in [0.25, 0.3) is 0 Å². The Morgan fingerprint density at radius 2 is 1.85 bits per heavy atom. The lowest BCUT2D eigenvalue weighted by Gasteiger charge is -2.42. The number of carbonyl (C=O) groups excluding carboxylic acids is 2. The van der Waals surface area contributed by atoms with Gasteiger partial charge in [0.25, 0.3) is 5.91 Å². The largest absolute Gasteiger partial charge is 0.325 e. The van der Waals surface area contributed by atoms with Gasteiger partial charge < -0.3 is 10.6 Å². The molecule has 3 amide bonds. The van der Waals surface area contributed by atoms with E-state index in [4.69, 9.17) is 0 Å². The van der Waals surface area contributed by atoms with Crippen molar-refractivity contribution >= 4 is 11.9 Å². The molecular weight excluding hydrogens is 254 g/mol. The molecule has 2 heterocycles. The summed E-state index contributed by atoms with van der Waals surface area (Å²) in [6.45, 7) is 6.81. The Bertz CT molecular complexity index is 409. The molecular formula is C15H25N3O2. The van der Waals surface area contributed by atoms with E-state index >= 15 is 0 Å². The Balaban J connectivity index is 1.74. The number of hydrogen-bond acceptors (Lipinski definition) is 3. The van der Waals surface area contributed by atoms with E-state index in [1.165, 1.54) is 4.90 Å². The normalized spacial score (nSPS) is 38.2. The maximum Gasteiger partial charge on any atom is 0.325 e. The molecule has 3 rings (SSSR count). The Kier molecular flexibility index (Phi) is 3.48. The van der Waals surface area contributed by atoms with Gasteiger partial charge in [-0.3, -0.25) is 9.69 Å². The van der Waals surface area contributed by atoms with Crippen molar-refractivity contribution in [2.45, 2.75) is 45.1 Å². The summed E-state index contributed by atoms with van der Waals surface area (Å²) in [5.41, 5.74) is -0.632. The van der Waals surface area contributed by atoms with Crippen LogP contribution in [0.1, 0.15) is 39.5 Å². The van der Waals surface area contributed by atoms with Crippen LogP contribution in [-0.4, -0.2) is 42.0 Å². The SMILES string of the molecule is CC1CCCC(C)C12NC(=O)N(CCC1CNC1)C2=O. The van der Waals surface area contributed by atoms with Gasteiger partial charge >= 0.3 is 6.03 Å². The molecule has 1 saturated carbocycles. The molecule has 0 aromatic heterocycles. The Hall–Kier alpha value is -1.10. The number of amides is 3. The fourth-order valence-corrected chi connectivity index (χ4v) is 4.02. The first-order chi connectivity index (χ1) is 9.55. The van der Waals surface area contributed by atoms with E-state index < -0.39 is 5.54 Å². The van der Waals surface area contributed by atoms with Crippen LogP contribution in [-0.2, 0) is 4.79 Å². The highest BCUT2D eigenvalue weighted by Gasteiger charge is 2.58.